The largest absolute Gasteiger partial charge is 0.338 e. The van der Waals surface area contributed by atoms with Crippen LogP contribution in [0.3, 0.4) is 0 Å². The number of likely N-dealkylation sites (tertiary alicyclic amines) is 1. The monoisotopic (exact) mass is 329 g/mol. The molecule has 0 N–H and O–H groups in total. The average molecular weight is 329 g/mol. The van der Waals surface area contributed by atoms with E-state index in [-0.39, 0.29) is 16.9 Å². The van der Waals surface area contributed by atoms with E-state index in [0.29, 0.717) is 18.1 Å². The van der Waals surface area contributed by atoms with Crippen LogP contribution in [0.2, 0.25) is 0 Å². The highest BCUT2D eigenvalue weighted by molar-refractivity contribution is 5.93. The minimum Gasteiger partial charge on any atom is -0.338 e. The molecule has 1 aliphatic carbocycles. The summed E-state index contributed by atoms with van der Waals surface area (Å²) in [6.45, 7) is 13.6. The predicted octanol–water partition coefficient (Wildman–Crippen LogP) is 4.35. The molecule has 1 atom stereocenters. The molecule has 1 unspecified atom stereocenters. The van der Waals surface area contributed by atoms with Crippen molar-refractivity contribution < 1.29 is 9.59 Å². The summed E-state index contributed by atoms with van der Waals surface area (Å²) in [6.07, 6.45) is 2.41. The third-order valence-corrected chi connectivity index (χ3v) is 4.80. The van der Waals surface area contributed by atoms with Crippen LogP contribution in [0.25, 0.3) is 0 Å². The Morgan fingerprint density at radius 2 is 1.62 bits per heavy atom. The first-order valence-corrected chi connectivity index (χ1v) is 8.93. The van der Waals surface area contributed by atoms with Gasteiger partial charge in [0.1, 0.15) is 5.78 Å². The molecular weight excluding hydrogens is 298 g/mol. The van der Waals surface area contributed by atoms with Crippen LogP contribution < -0.4 is 0 Å². The second kappa shape index (κ2) is 6.70. The van der Waals surface area contributed by atoms with E-state index in [2.05, 4.69) is 53.7 Å². The Balaban J connectivity index is 0.000000185. The fourth-order valence-electron chi connectivity index (χ4n) is 3.75. The van der Waals surface area contributed by atoms with Gasteiger partial charge in [-0.2, -0.15) is 0 Å². The van der Waals surface area contributed by atoms with Crippen LogP contribution in [0.1, 0.15) is 71.4 Å². The van der Waals surface area contributed by atoms with Crippen molar-refractivity contribution >= 4 is 11.7 Å². The molecule has 1 aromatic carbocycles. The van der Waals surface area contributed by atoms with Gasteiger partial charge in [-0.25, -0.2) is 0 Å². The van der Waals surface area contributed by atoms with E-state index in [4.69, 9.17) is 0 Å². The van der Waals surface area contributed by atoms with Crippen molar-refractivity contribution in [2.45, 2.75) is 72.3 Å². The number of hydrogen-bond acceptors (Lipinski definition) is 2. The van der Waals surface area contributed by atoms with Gasteiger partial charge in [0.05, 0.1) is 0 Å². The lowest BCUT2D eigenvalue weighted by Gasteiger charge is -2.31. The Kier molecular flexibility index (Phi) is 5.22. The Bertz CT molecular complexity index is 619. The standard InChI is InChI=1S/C13H16O.C8H15NO/c1-13(2,3)12-10-7-5-4-6-9(10)8-11(12)14;1-8(2,3)9-6-4-5-7(9)10/h4-7,12H,8H2,1-3H3;4-6H2,1-3H3. The lowest BCUT2D eigenvalue weighted by molar-refractivity contribution is -0.131. The van der Waals surface area contributed by atoms with Gasteiger partial charge >= 0.3 is 0 Å². The minimum atomic E-state index is 0.0353. The molecule has 3 heteroatoms. The third kappa shape index (κ3) is 4.06. The Morgan fingerprint density at radius 3 is 2.08 bits per heavy atom. The van der Waals surface area contributed by atoms with Gasteiger partial charge in [0, 0.05) is 30.8 Å². The molecule has 3 nitrogen and oxygen atoms in total. The van der Waals surface area contributed by atoms with Crippen molar-refractivity contribution in [2.24, 2.45) is 5.41 Å². The van der Waals surface area contributed by atoms with Crippen LogP contribution in [0, 0.1) is 5.41 Å². The number of ketones is 1. The first kappa shape index (κ1) is 18.7. The average Bonchev–Trinajstić information content (AvgIpc) is 3.00. The van der Waals surface area contributed by atoms with Crippen molar-refractivity contribution in [2.75, 3.05) is 6.54 Å². The van der Waals surface area contributed by atoms with Crippen LogP contribution >= 0.6 is 0 Å². The van der Waals surface area contributed by atoms with Gasteiger partial charge in [0.25, 0.3) is 0 Å². The molecule has 1 fully saturated rings. The number of fused-ring (bicyclic) bond motifs is 1. The molecule has 132 valence electrons. The molecule has 1 heterocycles. The zero-order chi connectivity index (χ0) is 18.1. The number of nitrogens with zero attached hydrogens (tertiary/aromatic N) is 1. The number of hydrogen-bond donors (Lipinski definition) is 0. The summed E-state index contributed by atoms with van der Waals surface area (Å²) in [5.74, 6) is 0.782. The molecule has 1 aliphatic heterocycles. The van der Waals surface area contributed by atoms with E-state index in [0.717, 1.165) is 19.4 Å². The molecule has 0 spiro atoms. The minimum absolute atomic E-state index is 0.0353. The van der Waals surface area contributed by atoms with E-state index in [1.807, 2.05) is 17.0 Å². The second-order valence-electron chi connectivity index (χ2n) is 8.96. The highest BCUT2D eigenvalue weighted by Crippen LogP contribution is 2.42. The lowest BCUT2D eigenvalue weighted by Crippen LogP contribution is -2.41. The van der Waals surface area contributed by atoms with Crippen molar-refractivity contribution in [3.05, 3.63) is 35.4 Å². The third-order valence-electron chi connectivity index (χ3n) is 4.80. The quantitative estimate of drug-likeness (QED) is 0.709. The van der Waals surface area contributed by atoms with E-state index in [1.165, 1.54) is 11.1 Å². The first-order chi connectivity index (χ1) is 11.0. The molecule has 2 aliphatic rings. The number of carbonyl (C=O) groups excluding carboxylic acids is 2. The van der Waals surface area contributed by atoms with Crippen LogP contribution in [-0.2, 0) is 16.0 Å². The van der Waals surface area contributed by atoms with Gasteiger partial charge in [-0.1, -0.05) is 45.0 Å². The lowest BCUT2D eigenvalue weighted by atomic mass is 9.77. The van der Waals surface area contributed by atoms with Crippen molar-refractivity contribution in [1.82, 2.24) is 4.90 Å². The zero-order valence-electron chi connectivity index (χ0n) is 16.0. The van der Waals surface area contributed by atoms with Crippen LogP contribution in [0.4, 0.5) is 0 Å². The summed E-state index contributed by atoms with van der Waals surface area (Å²) in [6, 6.07) is 8.20. The number of Topliss-reactive ketones (excluding diaryl/α,β-unsaturated/α-hetero) is 1. The van der Waals surface area contributed by atoms with E-state index in [1.54, 1.807) is 0 Å². The fraction of sp³-hybridized carbons (Fsp3) is 0.619. The second-order valence-corrected chi connectivity index (χ2v) is 8.96. The number of benzene rings is 1. The normalized spacial score (nSPS) is 20.8. The number of rotatable bonds is 0. The Labute approximate surface area is 146 Å². The number of carbonyl (C=O) groups is 2. The zero-order valence-corrected chi connectivity index (χ0v) is 16.0. The summed E-state index contributed by atoms with van der Waals surface area (Å²) >= 11 is 0. The van der Waals surface area contributed by atoms with Gasteiger partial charge in [-0.15, -0.1) is 0 Å². The van der Waals surface area contributed by atoms with Gasteiger partial charge in [-0.3, -0.25) is 9.59 Å². The summed E-state index contributed by atoms with van der Waals surface area (Å²) < 4.78 is 0. The van der Waals surface area contributed by atoms with Crippen molar-refractivity contribution in [3.8, 4) is 0 Å². The number of amides is 1. The van der Waals surface area contributed by atoms with E-state index in [9.17, 15) is 9.59 Å². The summed E-state index contributed by atoms with van der Waals surface area (Å²) in [5.41, 5.74) is 2.54. The molecule has 0 radical (unpaired) electrons. The molecule has 0 bridgehead atoms. The summed E-state index contributed by atoms with van der Waals surface area (Å²) in [4.78, 5) is 25.0. The van der Waals surface area contributed by atoms with Gasteiger partial charge in [0.15, 0.2) is 0 Å². The fourth-order valence-corrected chi connectivity index (χ4v) is 3.75. The van der Waals surface area contributed by atoms with Gasteiger partial charge in [0.2, 0.25) is 5.91 Å². The molecule has 1 saturated heterocycles. The molecule has 1 aromatic rings. The van der Waals surface area contributed by atoms with Crippen LogP contribution in [0.15, 0.2) is 24.3 Å². The molecule has 1 amide bonds. The Morgan fingerprint density at radius 1 is 1.00 bits per heavy atom. The van der Waals surface area contributed by atoms with Crippen LogP contribution in [-0.4, -0.2) is 28.7 Å². The highest BCUT2D eigenvalue weighted by Gasteiger charge is 2.38. The van der Waals surface area contributed by atoms with Crippen molar-refractivity contribution in [3.63, 3.8) is 0 Å². The Hall–Kier alpha value is -1.64. The molecule has 0 saturated carbocycles. The van der Waals surface area contributed by atoms with Crippen LogP contribution in [0.5, 0.6) is 0 Å². The molecule has 24 heavy (non-hydrogen) atoms. The highest BCUT2D eigenvalue weighted by atomic mass is 16.2. The maximum absolute atomic E-state index is 11.9. The van der Waals surface area contributed by atoms with Gasteiger partial charge < -0.3 is 4.90 Å². The SMILES string of the molecule is CC(C)(C)C1C(=O)Cc2ccccc21.CC(C)(C)N1CCCC1=O. The maximum atomic E-state index is 11.9. The van der Waals surface area contributed by atoms with E-state index >= 15 is 0 Å². The summed E-state index contributed by atoms with van der Waals surface area (Å²) in [5, 5.41) is 0. The topological polar surface area (TPSA) is 37.4 Å². The smallest absolute Gasteiger partial charge is 0.223 e. The van der Waals surface area contributed by atoms with Crippen molar-refractivity contribution in [1.29, 1.82) is 0 Å². The first-order valence-electron chi connectivity index (χ1n) is 8.93. The molecule has 0 aromatic heterocycles. The maximum Gasteiger partial charge on any atom is 0.223 e. The summed E-state index contributed by atoms with van der Waals surface area (Å²) in [7, 11) is 0. The molecule has 3 rings (SSSR count). The van der Waals surface area contributed by atoms with E-state index < -0.39 is 0 Å². The predicted molar refractivity (Wildman–Crippen MR) is 98.0 cm³/mol. The molecular formula is C21H31NO2. The van der Waals surface area contributed by atoms with Gasteiger partial charge in [-0.05, 0) is 43.7 Å².